The number of nitrogens with two attached hydrogens (primary N) is 1. The van der Waals surface area contributed by atoms with Crippen molar-refractivity contribution in [3.05, 3.63) is 41.8 Å². The first-order valence-electron chi connectivity index (χ1n) is 10.3. The Kier molecular flexibility index (Phi) is 4.43. The number of benzene rings is 1. The molecule has 2 aromatic rings. The van der Waals surface area contributed by atoms with Gasteiger partial charge in [0.15, 0.2) is 11.5 Å². The van der Waals surface area contributed by atoms with Gasteiger partial charge in [-0.1, -0.05) is 6.07 Å². The monoisotopic (exact) mass is 412 g/mol. The molecular weight excluding hydrogens is 387 g/mol. The highest BCUT2D eigenvalue weighted by Gasteiger charge is 2.66. The van der Waals surface area contributed by atoms with E-state index in [1.54, 1.807) is 13.3 Å². The Balaban J connectivity index is 1.67. The van der Waals surface area contributed by atoms with E-state index in [1.807, 2.05) is 18.2 Å². The maximum absolute atomic E-state index is 13.8. The molecule has 1 aromatic carbocycles. The lowest BCUT2D eigenvalue weighted by Gasteiger charge is -2.45. The number of nitrogens with zero attached hydrogens (tertiary/aromatic N) is 3. The smallest absolute Gasteiger partial charge is 0.262 e. The van der Waals surface area contributed by atoms with Crippen molar-refractivity contribution in [1.82, 2.24) is 9.88 Å². The quantitative estimate of drug-likeness (QED) is 0.833. The fourth-order valence-corrected chi connectivity index (χ4v) is 5.66. The maximum atomic E-state index is 13.8. The van der Waals surface area contributed by atoms with Gasteiger partial charge >= 0.3 is 0 Å². The molecule has 0 saturated heterocycles. The summed E-state index contributed by atoms with van der Waals surface area (Å²) >= 11 is 0. The zero-order valence-electron chi connectivity index (χ0n) is 16.9. The molecular formula is C22H25FN4O3. The van der Waals surface area contributed by atoms with Gasteiger partial charge in [-0.05, 0) is 55.4 Å². The first-order valence-corrected chi connectivity index (χ1v) is 10.3. The lowest BCUT2D eigenvalue weighted by Crippen LogP contribution is -2.52. The minimum Gasteiger partial charge on any atom is -0.445 e. The van der Waals surface area contributed by atoms with E-state index in [1.165, 1.54) is 11.2 Å². The molecule has 8 heteroatoms. The Morgan fingerprint density at radius 2 is 2.17 bits per heavy atom. The number of amides is 1. The third kappa shape index (κ3) is 2.49. The van der Waals surface area contributed by atoms with Crippen molar-refractivity contribution in [2.24, 2.45) is 16.1 Å². The summed E-state index contributed by atoms with van der Waals surface area (Å²) in [5.41, 5.74) is 7.34. The Bertz CT molecular complexity index is 998. The number of carbonyl (C=O) groups is 1. The average Bonchev–Trinajstić information content (AvgIpc) is 3.44. The van der Waals surface area contributed by atoms with Gasteiger partial charge in [-0.15, -0.1) is 0 Å². The number of fused-ring (bicyclic) bond motifs is 3. The zero-order chi connectivity index (χ0) is 20.9. The van der Waals surface area contributed by atoms with Crippen molar-refractivity contribution in [3.63, 3.8) is 0 Å². The van der Waals surface area contributed by atoms with Crippen LogP contribution in [0.25, 0.3) is 11.5 Å². The summed E-state index contributed by atoms with van der Waals surface area (Å²) < 4.78 is 24.2. The highest BCUT2D eigenvalue weighted by atomic mass is 19.1. The number of aliphatic imine (C=N–C) groups is 1. The van der Waals surface area contributed by atoms with Crippen LogP contribution in [-0.2, 0) is 21.5 Å². The standard InChI is InChI=1S/C22H25FN4O3/c1-29-16-4-6-21(7-5-16)13-15-3-2-14(18-25-9-11-30-18)12-17(15)22(21)19(28)27(10-8-23)20(24)26-22/h2-3,9,11-12,16H,4-8,10,13H2,1H3,(H2,24,26). The second kappa shape index (κ2) is 6.91. The molecule has 7 nitrogen and oxygen atoms in total. The van der Waals surface area contributed by atoms with E-state index >= 15 is 0 Å². The molecule has 0 radical (unpaired) electrons. The van der Waals surface area contributed by atoms with E-state index in [0.29, 0.717) is 5.89 Å². The van der Waals surface area contributed by atoms with E-state index in [9.17, 15) is 9.18 Å². The molecule has 1 fully saturated rings. The number of alkyl halides is 1. The number of rotatable bonds is 4. The molecule has 3 aliphatic rings. The molecule has 2 aliphatic carbocycles. The topological polar surface area (TPSA) is 93.9 Å². The second-order valence-corrected chi connectivity index (χ2v) is 8.43. The van der Waals surface area contributed by atoms with Gasteiger partial charge in [-0.2, -0.15) is 0 Å². The van der Waals surface area contributed by atoms with E-state index in [4.69, 9.17) is 19.9 Å². The molecule has 1 atom stereocenters. The molecule has 158 valence electrons. The highest BCUT2D eigenvalue weighted by Crippen LogP contribution is 2.62. The third-order valence-electron chi connectivity index (χ3n) is 7.12. The van der Waals surface area contributed by atoms with Gasteiger partial charge in [0.1, 0.15) is 12.9 Å². The van der Waals surface area contributed by atoms with Crippen LogP contribution in [0.2, 0.25) is 0 Å². The van der Waals surface area contributed by atoms with Crippen LogP contribution in [0.1, 0.15) is 36.8 Å². The summed E-state index contributed by atoms with van der Waals surface area (Å²) in [6, 6.07) is 5.94. The Hall–Kier alpha value is -2.74. The normalized spacial score (nSPS) is 30.3. The van der Waals surface area contributed by atoms with Crippen molar-refractivity contribution < 1.29 is 18.3 Å². The maximum Gasteiger partial charge on any atom is 0.262 e. The first-order chi connectivity index (χ1) is 14.5. The fourth-order valence-electron chi connectivity index (χ4n) is 5.66. The van der Waals surface area contributed by atoms with Crippen molar-refractivity contribution in [1.29, 1.82) is 0 Å². The van der Waals surface area contributed by atoms with Crippen LogP contribution < -0.4 is 5.73 Å². The van der Waals surface area contributed by atoms with Crippen molar-refractivity contribution in [3.8, 4) is 11.5 Å². The third-order valence-corrected chi connectivity index (χ3v) is 7.12. The highest BCUT2D eigenvalue weighted by molar-refractivity contribution is 6.08. The molecule has 0 bridgehead atoms. The Labute approximate surface area is 174 Å². The SMILES string of the molecule is COC1CCC2(CC1)Cc1ccc(-c3ncco3)cc1C21N=C(N)N(CCF)C1=O. The van der Waals surface area contributed by atoms with Gasteiger partial charge in [0, 0.05) is 18.1 Å². The van der Waals surface area contributed by atoms with Gasteiger partial charge in [0.2, 0.25) is 5.89 Å². The number of methoxy groups -OCH3 is 1. The van der Waals surface area contributed by atoms with E-state index in [0.717, 1.165) is 48.8 Å². The molecule has 30 heavy (non-hydrogen) atoms. The van der Waals surface area contributed by atoms with Crippen LogP contribution in [0.15, 0.2) is 40.1 Å². The van der Waals surface area contributed by atoms with Gasteiger partial charge < -0.3 is 14.9 Å². The first kappa shape index (κ1) is 19.2. The molecule has 1 amide bonds. The van der Waals surface area contributed by atoms with Crippen LogP contribution in [0, 0.1) is 5.41 Å². The van der Waals surface area contributed by atoms with Gasteiger partial charge in [0.25, 0.3) is 5.91 Å². The number of oxazole rings is 1. The van der Waals surface area contributed by atoms with Gasteiger partial charge in [-0.3, -0.25) is 9.69 Å². The minimum absolute atomic E-state index is 0.0819. The average molecular weight is 412 g/mol. The Morgan fingerprint density at radius 1 is 1.37 bits per heavy atom. The van der Waals surface area contributed by atoms with Crippen molar-refractivity contribution in [2.75, 3.05) is 20.3 Å². The number of halogens is 1. The summed E-state index contributed by atoms with van der Waals surface area (Å²) in [6.45, 7) is -0.749. The van der Waals surface area contributed by atoms with E-state index in [-0.39, 0.29) is 24.5 Å². The minimum atomic E-state index is -1.14. The predicted molar refractivity (Wildman–Crippen MR) is 108 cm³/mol. The van der Waals surface area contributed by atoms with Crippen molar-refractivity contribution >= 4 is 11.9 Å². The summed E-state index contributed by atoms with van der Waals surface area (Å²) in [6.07, 6.45) is 7.31. The Morgan fingerprint density at radius 3 is 2.83 bits per heavy atom. The molecule has 2 heterocycles. The lowest BCUT2D eigenvalue weighted by atomic mass is 9.61. The van der Waals surface area contributed by atoms with Crippen LogP contribution >= 0.6 is 0 Å². The van der Waals surface area contributed by atoms with Crippen LogP contribution in [0.5, 0.6) is 0 Å². The number of ether oxygens (including phenoxy) is 1. The van der Waals surface area contributed by atoms with Crippen LogP contribution in [-0.4, -0.2) is 48.2 Å². The van der Waals surface area contributed by atoms with E-state index < -0.39 is 17.6 Å². The molecule has 2 spiro atoms. The summed E-state index contributed by atoms with van der Waals surface area (Å²) in [5.74, 6) is 0.358. The van der Waals surface area contributed by atoms with Crippen LogP contribution in [0.3, 0.4) is 0 Å². The molecule has 1 aliphatic heterocycles. The molecule has 2 N–H and O–H groups in total. The van der Waals surface area contributed by atoms with E-state index in [2.05, 4.69) is 4.98 Å². The largest absolute Gasteiger partial charge is 0.445 e. The molecule has 1 saturated carbocycles. The number of hydrogen-bond donors (Lipinski definition) is 1. The predicted octanol–water partition coefficient (Wildman–Crippen LogP) is 2.79. The van der Waals surface area contributed by atoms with Gasteiger partial charge in [0.05, 0.1) is 18.8 Å². The second-order valence-electron chi connectivity index (χ2n) is 8.43. The number of hydrogen-bond acceptors (Lipinski definition) is 6. The van der Waals surface area contributed by atoms with Crippen molar-refractivity contribution in [2.45, 2.75) is 43.7 Å². The summed E-state index contributed by atoms with van der Waals surface area (Å²) in [4.78, 5) is 24.2. The lowest BCUT2D eigenvalue weighted by molar-refractivity contribution is -0.138. The fraction of sp³-hybridized carbons (Fsp3) is 0.500. The number of aromatic nitrogens is 1. The molecule has 1 unspecified atom stereocenters. The number of guanidine groups is 1. The summed E-state index contributed by atoms with van der Waals surface area (Å²) in [7, 11) is 1.73. The molecule has 5 rings (SSSR count). The van der Waals surface area contributed by atoms with Crippen LogP contribution in [0.4, 0.5) is 4.39 Å². The summed E-state index contributed by atoms with van der Waals surface area (Å²) in [5, 5.41) is 0. The van der Waals surface area contributed by atoms with Gasteiger partial charge in [-0.25, -0.2) is 14.4 Å². The number of carbonyl (C=O) groups excluding carboxylic acids is 1. The molecule has 1 aromatic heterocycles. The zero-order valence-corrected chi connectivity index (χ0v) is 16.9.